The number of primary amides is 1. The Morgan fingerprint density at radius 3 is 1.38 bits per heavy atom. The number of hydrogen-bond acceptors (Lipinski definition) is 6. The van der Waals surface area contributed by atoms with Gasteiger partial charge in [0.05, 0.1) is 31.8 Å². The number of aromatic hydroxyl groups is 1. The number of phenolic OH excluding ortho intramolecular Hbond substituents is 1. The highest BCUT2D eigenvalue weighted by molar-refractivity contribution is 5.74. The van der Waals surface area contributed by atoms with Gasteiger partial charge in [-0.15, -0.1) is 0 Å². The molecule has 0 aliphatic carbocycles. The van der Waals surface area contributed by atoms with Crippen LogP contribution in [0.2, 0.25) is 0 Å². The lowest BCUT2D eigenvalue weighted by Gasteiger charge is -2.28. The van der Waals surface area contributed by atoms with Crippen LogP contribution in [0.25, 0.3) is 0 Å². The van der Waals surface area contributed by atoms with Crippen molar-refractivity contribution in [2.75, 3.05) is 26.4 Å². The summed E-state index contributed by atoms with van der Waals surface area (Å²) in [4.78, 5) is 11.0. The highest BCUT2D eigenvalue weighted by atomic mass is 16.3. The van der Waals surface area contributed by atoms with E-state index in [0.29, 0.717) is 18.6 Å². The summed E-state index contributed by atoms with van der Waals surface area (Å²) in [5, 5.41) is 44.6. The van der Waals surface area contributed by atoms with Crippen molar-refractivity contribution in [2.45, 2.75) is 65.2 Å². The Morgan fingerprint density at radius 1 is 0.828 bits per heavy atom. The van der Waals surface area contributed by atoms with Gasteiger partial charge >= 0.3 is 0 Å². The smallest absolute Gasteiger partial charge is 0.217 e. The van der Waals surface area contributed by atoms with E-state index < -0.39 is 31.8 Å². The Hall–Kier alpha value is -1.67. The maximum Gasteiger partial charge on any atom is 0.217 e. The number of aryl methyl sites for hydroxylation is 1. The Bertz CT molecular complexity index is 602. The van der Waals surface area contributed by atoms with Crippen molar-refractivity contribution in [1.82, 2.24) is 0 Å². The lowest BCUT2D eigenvalue weighted by Crippen LogP contribution is -2.37. The Labute approximate surface area is 174 Å². The highest BCUT2D eigenvalue weighted by Gasteiger charge is 2.27. The topological polar surface area (TPSA) is 144 Å². The van der Waals surface area contributed by atoms with E-state index in [4.69, 9.17) is 26.2 Å². The van der Waals surface area contributed by atoms with Gasteiger partial charge in [-0.1, -0.05) is 53.7 Å². The number of nitrogens with two attached hydrogens (primary N) is 1. The average Bonchev–Trinajstić information content (AvgIpc) is 2.62. The Kier molecular flexibility index (Phi) is 10.3. The fourth-order valence-corrected chi connectivity index (χ4v) is 2.55. The number of amides is 1. The zero-order valence-corrected chi connectivity index (χ0v) is 18.6. The van der Waals surface area contributed by atoms with Crippen LogP contribution < -0.4 is 5.73 Å². The molecular weight excluding hydrogens is 374 g/mol. The maximum absolute atomic E-state index is 11.0. The van der Waals surface area contributed by atoms with E-state index >= 15 is 0 Å². The number of carbonyl (C=O) groups excluding carboxylic acids is 1. The molecule has 0 saturated carbocycles. The zero-order chi connectivity index (χ0) is 23.0. The normalized spacial score (nSPS) is 12.3. The van der Waals surface area contributed by atoms with Crippen LogP contribution in [-0.2, 0) is 22.0 Å². The van der Waals surface area contributed by atoms with Crippen molar-refractivity contribution in [3.8, 4) is 5.75 Å². The number of aliphatic hydroxyl groups excluding tert-OH is 4. The molecule has 0 aromatic heterocycles. The minimum Gasteiger partial charge on any atom is -0.507 e. The summed E-state index contributed by atoms with van der Waals surface area (Å²) in [7, 11) is 0. The van der Waals surface area contributed by atoms with Gasteiger partial charge < -0.3 is 31.3 Å². The minimum absolute atomic E-state index is 0.146. The molecule has 0 spiro atoms. The van der Waals surface area contributed by atoms with E-state index in [0.717, 1.165) is 16.7 Å². The van der Waals surface area contributed by atoms with Crippen LogP contribution in [0.5, 0.6) is 5.75 Å². The highest BCUT2D eigenvalue weighted by Crippen LogP contribution is 2.39. The first-order valence-electron chi connectivity index (χ1n) is 9.76. The van der Waals surface area contributed by atoms with Crippen LogP contribution in [-0.4, -0.2) is 57.9 Å². The van der Waals surface area contributed by atoms with Crippen LogP contribution in [0.1, 0.15) is 64.7 Å². The summed E-state index contributed by atoms with van der Waals surface area (Å²) in [6.45, 7) is 10.8. The number of phenols is 1. The predicted molar refractivity (Wildman–Crippen MR) is 114 cm³/mol. The molecular formula is C22H39NO6. The van der Waals surface area contributed by atoms with Crippen molar-refractivity contribution in [2.24, 2.45) is 11.1 Å². The lowest BCUT2D eigenvalue weighted by molar-refractivity contribution is -0.117. The van der Waals surface area contributed by atoms with Crippen molar-refractivity contribution in [3.05, 3.63) is 28.8 Å². The van der Waals surface area contributed by atoms with Gasteiger partial charge in [0, 0.05) is 6.42 Å². The lowest BCUT2D eigenvalue weighted by atomic mass is 9.78. The van der Waals surface area contributed by atoms with Crippen molar-refractivity contribution < 1.29 is 30.3 Å². The summed E-state index contributed by atoms with van der Waals surface area (Å²) in [6, 6.07) is 3.99. The van der Waals surface area contributed by atoms with Crippen molar-refractivity contribution in [3.63, 3.8) is 0 Å². The van der Waals surface area contributed by atoms with E-state index in [1.165, 1.54) is 0 Å². The van der Waals surface area contributed by atoms with Crippen molar-refractivity contribution in [1.29, 1.82) is 0 Å². The first-order valence-corrected chi connectivity index (χ1v) is 9.76. The summed E-state index contributed by atoms with van der Waals surface area (Å²) in [5.41, 5.74) is 6.72. The van der Waals surface area contributed by atoms with Gasteiger partial charge in [-0.05, 0) is 33.9 Å². The van der Waals surface area contributed by atoms with Gasteiger partial charge in [-0.3, -0.25) is 4.79 Å². The second-order valence-electron chi connectivity index (χ2n) is 9.64. The second-order valence-corrected chi connectivity index (χ2v) is 9.64. The molecule has 0 unspecified atom stereocenters. The third kappa shape index (κ3) is 8.30. The molecule has 0 heterocycles. The van der Waals surface area contributed by atoms with Gasteiger partial charge in [0.2, 0.25) is 5.91 Å². The number of carbonyl (C=O) groups is 1. The first kappa shape index (κ1) is 27.3. The van der Waals surface area contributed by atoms with E-state index in [1.807, 2.05) is 12.1 Å². The van der Waals surface area contributed by atoms with Crippen molar-refractivity contribution >= 4 is 5.91 Å². The molecule has 7 nitrogen and oxygen atoms in total. The fraction of sp³-hybridized carbons (Fsp3) is 0.682. The summed E-state index contributed by atoms with van der Waals surface area (Å²) >= 11 is 0. The zero-order valence-electron chi connectivity index (χ0n) is 18.6. The van der Waals surface area contributed by atoms with E-state index in [-0.39, 0.29) is 16.7 Å². The molecule has 0 aliphatic heterocycles. The van der Waals surface area contributed by atoms with Gasteiger partial charge in [-0.25, -0.2) is 0 Å². The van der Waals surface area contributed by atoms with E-state index in [2.05, 4.69) is 41.5 Å². The standard InChI is InChI=1S/C17H27NO2.C5H12O4/c1-16(2,3)12-9-11(7-8-14(18)19)10-13(15(12)20)17(4,5)6;6-1-5(2-7,3-8)4-9/h9-10,20H,7-8H2,1-6H3,(H2,18,19);6-9H,1-4H2. The van der Waals surface area contributed by atoms with E-state index in [9.17, 15) is 9.90 Å². The predicted octanol–water partition coefficient (Wildman–Crippen LogP) is 1.35. The molecule has 0 radical (unpaired) electrons. The molecule has 168 valence electrons. The quantitative estimate of drug-likeness (QED) is 0.398. The first-order chi connectivity index (χ1) is 13.2. The van der Waals surface area contributed by atoms with Crippen LogP contribution in [0, 0.1) is 5.41 Å². The molecule has 1 aromatic rings. The molecule has 7 N–H and O–H groups in total. The third-order valence-electron chi connectivity index (χ3n) is 4.79. The van der Waals surface area contributed by atoms with Gasteiger partial charge in [0.25, 0.3) is 0 Å². The van der Waals surface area contributed by atoms with Crippen LogP contribution in [0.3, 0.4) is 0 Å². The number of hydrogen-bond donors (Lipinski definition) is 6. The molecule has 1 rings (SSSR count). The molecule has 1 aromatic carbocycles. The number of benzene rings is 1. The van der Waals surface area contributed by atoms with Crippen LogP contribution >= 0.6 is 0 Å². The summed E-state index contributed by atoms with van der Waals surface area (Å²) in [6.07, 6.45) is 0.944. The van der Waals surface area contributed by atoms with Gasteiger partial charge in [0.15, 0.2) is 0 Å². The molecule has 0 saturated heterocycles. The second kappa shape index (κ2) is 10.9. The van der Waals surface area contributed by atoms with Gasteiger partial charge in [-0.2, -0.15) is 0 Å². The Balaban J connectivity index is 0.000000734. The molecule has 29 heavy (non-hydrogen) atoms. The molecule has 7 heteroatoms. The largest absolute Gasteiger partial charge is 0.507 e. The van der Waals surface area contributed by atoms with Crippen LogP contribution in [0.4, 0.5) is 0 Å². The maximum atomic E-state index is 11.0. The minimum atomic E-state index is -1.11. The average molecular weight is 414 g/mol. The van der Waals surface area contributed by atoms with Gasteiger partial charge in [0.1, 0.15) is 5.75 Å². The molecule has 0 bridgehead atoms. The monoisotopic (exact) mass is 413 g/mol. The van der Waals surface area contributed by atoms with Crippen LogP contribution in [0.15, 0.2) is 12.1 Å². The summed E-state index contributed by atoms with van der Waals surface area (Å²) < 4.78 is 0. The molecule has 0 aliphatic rings. The number of rotatable bonds is 7. The molecule has 0 atom stereocenters. The summed E-state index contributed by atoms with van der Waals surface area (Å²) in [5.74, 6) is 0.0699. The Morgan fingerprint density at radius 2 is 1.17 bits per heavy atom. The third-order valence-corrected chi connectivity index (χ3v) is 4.79. The van der Waals surface area contributed by atoms with E-state index in [1.54, 1.807) is 0 Å². The SMILES string of the molecule is CC(C)(C)c1cc(CCC(N)=O)cc(C(C)(C)C)c1O.OCC(CO)(CO)CO. The fourth-order valence-electron chi connectivity index (χ4n) is 2.55. The molecule has 0 fully saturated rings. The molecule has 1 amide bonds. The number of aliphatic hydroxyl groups is 4.